The smallest absolute Gasteiger partial charge is 0.258 e. The highest BCUT2D eigenvalue weighted by Gasteiger charge is 2.41. The van der Waals surface area contributed by atoms with Crippen molar-refractivity contribution >= 4 is 23.8 Å². The zero-order chi connectivity index (χ0) is 20.8. The van der Waals surface area contributed by atoms with Gasteiger partial charge in [-0.1, -0.05) is 41.5 Å². The fourth-order valence-corrected chi connectivity index (χ4v) is 9.45. The van der Waals surface area contributed by atoms with Crippen LogP contribution in [0.15, 0.2) is 29.2 Å². The molecule has 1 aromatic rings. The summed E-state index contributed by atoms with van der Waals surface area (Å²) < 4.78 is 26.5. The van der Waals surface area contributed by atoms with Gasteiger partial charge in [-0.2, -0.15) is 0 Å². The number of sulfonamides is 1. The average molecular weight is 407 g/mol. The van der Waals surface area contributed by atoms with Crippen LogP contribution in [0.1, 0.15) is 41.5 Å². The van der Waals surface area contributed by atoms with E-state index < -0.39 is 23.0 Å². The Balaban J connectivity index is 3.02. The Hall–Kier alpha value is -2.29. The summed E-state index contributed by atoms with van der Waals surface area (Å²) in [5, 5.41) is 10.6. The van der Waals surface area contributed by atoms with Gasteiger partial charge in [0.2, 0.25) is 0 Å². The summed E-state index contributed by atoms with van der Waals surface area (Å²) in [4.78, 5) is 9.95. The van der Waals surface area contributed by atoms with Gasteiger partial charge in [-0.05, 0) is 34.7 Å². The molecule has 8 heteroatoms. The van der Waals surface area contributed by atoms with Crippen LogP contribution in [-0.4, -0.2) is 21.4 Å². The number of nitrogens with one attached hydrogen (secondary N) is 1. The third-order valence-electron chi connectivity index (χ3n) is 4.81. The SMILES string of the molecule is CC(C)[Si](C#CC#CNS(=O)(=O)c1ccc([N+](=O)[O-])cc1)(C(C)C)C(C)C. The van der Waals surface area contributed by atoms with Gasteiger partial charge in [0.15, 0.2) is 0 Å². The van der Waals surface area contributed by atoms with Gasteiger partial charge in [-0.3, -0.25) is 10.1 Å². The van der Waals surface area contributed by atoms with E-state index in [4.69, 9.17) is 0 Å². The summed E-state index contributed by atoms with van der Waals surface area (Å²) >= 11 is 0. The fourth-order valence-electron chi connectivity index (χ4n) is 3.50. The predicted molar refractivity (Wildman–Crippen MR) is 110 cm³/mol. The minimum atomic E-state index is -3.87. The molecule has 27 heavy (non-hydrogen) atoms. The zero-order valence-electron chi connectivity index (χ0n) is 16.5. The number of hydrogen-bond acceptors (Lipinski definition) is 4. The van der Waals surface area contributed by atoms with Crippen molar-refractivity contribution in [2.45, 2.75) is 63.1 Å². The molecule has 0 heterocycles. The number of nitrogens with zero attached hydrogens (tertiary/aromatic N) is 1. The van der Waals surface area contributed by atoms with Gasteiger partial charge in [-0.15, -0.1) is 5.54 Å². The topological polar surface area (TPSA) is 89.3 Å². The predicted octanol–water partition coefficient (Wildman–Crippen LogP) is 4.06. The molecule has 0 saturated carbocycles. The lowest BCUT2D eigenvalue weighted by Crippen LogP contribution is -2.43. The van der Waals surface area contributed by atoms with Gasteiger partial charge in [0.05, 0.1) is 9.82 Å². The molecule has 0 aliphatic rings. The van der Waals surface area contributed by atoms with E-state index in [9.17, 15) is 18.5 Å². The molecule has 0 aliphatic carbocycles. The van der Waals surface area contributed by atoms with Crippen LogP contribution in [0.4, 0.5) is 5.69 Å². The van der Waals surface area contributed by atoms with Gasteiger partial charge in [-0.25, -0.2) is 13.1 Å². The second kappa shape index (κ2) is 9.07. The van der Waals surface area contributed by atoms with E-state index in [1.54, 1.807) is 0 Å². The summed E-state index contributed by atoms with van der Waals surface area (Å²) in [6, 6.07) is 6.98. The highest BCUT2D eigenvalue weighted by molar-refractivity contribution is 7.89. The highest BCUT2D eigenvalue weighted by Crippen LogP contribution is 2.40. The molecule has 1 aromatic carbocycles. The van der Waals surface area contributed by atoms with E-state index in [-0.39, 0.29) is 10.6 Å². The third kappa shape index (κ3) is 5.35. The van der Waals surface area contributed by atoms with Crippen LogP contribution >= 0.6 is 0 Å². The van der Waals surface area contributed by atoms with Crippen LogP contribution in [0, 0.1) is 33.5 Å². The van der Waals surface area contributed by atoms with Crippen molar-refractivity contribution in [3.05, 3.63) is 34.4 Å². The Morgan fingerprint density at radius 2 is 1.44 bits per heavy atom. The van der Waals surface area contributed by atoms with Crippen LogP contribution in [0.3, 0.4) is 0 Å². The lowest BCUT2D eigenvalue weighted by Gasteiger charge is -2.37. The van der Waals surface area contributed by atoms with Gasteiger partial charge in [0, 0.05) is 24.1 Å². The molecule has 1 N–H and O–H groups in total. The fraction of sp³-hybridized carbons (Fsp3) is 0.474. The van der Waals surface area contributed by atoms with Crippen molar-refractivity contribution in [2.24, 2.45) is 0 Å². The molecular weight excluding hydrogens is 380 g/mol. The molecular formula is C19H26N2O4SSi. The molecule has 0 unspecified atom stereocenters. The van der Waals surface area contributed by atoms with Crippen molar-refractivity contribution in [3.8, 4) is 23.4 Å². The summed E-state index contributed by atoms with van der Waals surface area (Å²) in [6.45, 7) is 13.1. The Bertz CT molecular complexity index is 877. The molecule has 0 radical (unpaired) electrons. The van der Waals surface area contributed by atoms with Gasteiger partial charge >= 0.3 is 0 Å². The highest BCUT2D eigenvalue weighted by atomic mass is 32.2. The number of rotatable bonds is 6. The maximum atomic E-state index is 12.2. The zero-order valence-corrected chi connectivity index (χ0v) is 18.3. The second-order valence-corrected chi connectivity index (χ2v) is 14.5. The van der Waals surface area contributed by atoms with Gasteiger partial charge in [0.25, 0.3) is 15.7 Å². The number of nitro groups is 1. The largest absolute Gasteiger partial charge is 0.269 e. The minimum Gasteiger partial charge on any atom is -0.258 e. The molecule has 0 aromatic heterocycles. The Morgan fingerprint density at radius 1 is 0.963 bits per heavy atom. The summed E-state index contributed by atoms with van der Waals surface area (Å²) in [5.74, 6) is 5.44. The molecule has 0 amide bonds. The van der Waals surface area contributed by atoms with Gasteiger partial charge < -0.3 is 0 Å². The third-order valence-corrected chi connectivity index (χ3v) is 12.4. The number of hydrogen-bond donors (Lipinski definition) is 1. The first-order valence-corrected chi connectivity index (χ1v) is 12.4. The molecule has 6 nitrogen and oxygen atoms in total. The van der Waals surface area contributed by atoms with Crippen molar-refractivity contribution in [1.82, 2.24) is 4.72 Å². The maximum Gasteiger partial charge on any atom is 0.269 e. The van der Waals surface area contributed by atoms with Crippen LogP contribution < -0.4 is 4.72 Å². The summed E-state index contributed by atoms with van der Waals surface area (Å²) in [6.07, 6.45) is 0. The van der Waals surface area contributed by atoms with E-state index in [1.165, 1.54) is 12.1 Å². The number of non-ortho nitro benzene ring substituents is 1. The first-order valence-electron chi connectivity index (χ1n) is 8.73. The Morgan fingerprint density at radius 3 is 1.85 bits per heavy atom. The maximum absolute atomic E-state index is 12.2. The minimum absolute atomic E-state index is 0.0920. The van der Waals surface area contributed by atoms with Crippen molar-refractivity contribution in [3.63, 3.8) is 0 Å². The number of nitro benzene ring substituents is 1. The molecule has 146 valence electrons. The van der Waals surface area contributed by atoms with Crippen molar-refractivity contribution in [1.29, 1.82) is 0 Å². The van der Waals surface area contributed by atoms with E-state index >= 15 is 0 Å². The molecule has 0 fully saturated rings. The quantitative estimate of drug-likeness (QED) is 0.254. The molecule has 0 saturated heterocycles. The average Bonchev–Trinajstić information content (AvgIpc) is 2.57. The molecule has 1 rings (SSSR count). The standard InChI is InChI=1S/C19H26N2O4SSi/c1-15(2)27(16(3)4,17(5)6)14-8-7-13-20-26(24,25)19-11-9-18(10-12-19)21(22)23/h9-12,15-17,20H,1-6H3. The van der Waals surface area contributed by atoms with Gasteiger partial charge in [0.1, 0.15) is 8.07 Å². The molecule has 0 bridgehead atoms. The monoisotopic (exact) mass is 406 g/mol. The van der Waals surface area contributed by atoms with Crippen LogP contribution in [0.5, 0.6) is 0 Å². The number of benzene rings is 1. The molecule has 0 spiro atoms. The Labute approximate surface area is 163 Å². The first-order chi connectivity index (χ1) is 12.4. The van der Waals surface area contributed by atoms with Crippen LogP contribution in [-0.2, 0) is 10.0 Å². The van der Waals surface area contributed by atoms with E-state index in [1.807, 2.05) is 0 Å². The van der Waals surface area contributed by atoms with E-state index in [0.29, 0.717) is 16.6 Å². The molecule has 0 atom stereocenters. The van der Waals surface area contributed by atoms with E-state index in [0.717, 1.165) is 12.1 Å². The second-order valence-electron chi connectivity index (χ2n) is 7.25. The van der Waals surface area contributed by atoms with Crippen molar-refractivity contribution in [2.75, 3.05) is 0 Å². The molecule has 0 aliphatic heterocycles. The lowest BCUT2D eigenvalue weighted by molar-refractivity contribution is -0.384. The first kappa shape index (κ1) is 22.7. The lowest BCUT2D eigenvalue weighted by atomic mass is 10.3. The summed E-state index contributed by atoms with van der Waals surface area (Å²) in [5.41, 5.74) is 4.59. The van der Waals surface area contributed by atoms with E-state index in [2.05, 4.69) is 69.7 Å². The van der Waals surface area contributed by atoms with Crippen LogP contribution in [0.25, 0.3) is 0 Å². The normalized spacial score (nSPS) is 11.6. The van der Waals surface area contributed by atoms with Crippen LogP contribution in [0.2, 0.25) is 16.6 Å². The summed E-state index contributed by atoms with van der Waals surface area (Å²) in [7, 11) is -5.78. The van der Waals surface area contributed by atoms with Crippen molar-refractivity contribution < 1.29 is 13.3 Å². The Kier molecular flexibility index (Phi) is 7.64.